The summed E-state index contributed by atoms with van der Waals surface area (Å²) >= 11 is 0. The molecule has 3 nitrogen and oxygen atoms in total. The van der Waals surface area contributed by atoms with E-state index >= 15 is 0 Å². The molecule has 0 aliphatic heterocycles. The van der Waals surface area contributed by atoms with E-state index in [1.165, 1.54) is 0 Å². The van der Waals surface area contributed by atoms with Crippen LogP contribution in [-0.4, -0.2) is 23.1 Å². The Morgan fingerprint density at radius 2 is 1.93 bits per heavy atom. The molecule has 0 aliphatic carbocycles. The Morgan fingerprint density at radius 1 is 1.20 bits per heavy atom. The van der Waals surface area contributed by atoms with E-state index in [0.717, 1.165) is 16.9 Å². The van der Waals surface area contributed by atoms with Crippen LogP contribution in [0.15, 0.2) is 30.5 Å². The van der Waals surface area contributed by atoms with Gasteiger partial charge < -0.3 is 4.90 Å². The van der Waals surface area contributed by atoms with Gasteiger partial charge in [0, 0.05) is 24.7 Å². The van der Waals surface area contributed by atoms with Crippen LogP contribution in [0.3, 0.4) is 0 Å². The second kappa shape index (κ2) is 3.85. The van der Waals surface area contributed by atoms with Crippen LogP contribution in [0.5, 0.6) is 0 Å². The first-order valence-corrected chi connectivity index (χ1v) is 5.13. The highest BCUT2D eigenvalue weighted by Gasteiger charge is 2.07. The van der Waals surface area contributed by atoms with Crippen LogP contribution < -0.4 is 4.90 Å². The van der Waals surface area contributed by atoms with Crippen molar-refractivity contribution in [3.63, 3.8) is 0 Å². The van der Waals surface area contributed by atoms with E-state index in [0.29, 0.717) is 6.04 Å². The van der Waals surface area contributed by atoms with Gasteiger partial charge in [-0.1, -0.05) is 18.2 Å². The summed E-state index contributed by atoms with van der Waals surface area (Å²) in [6.45, 7) is 4.25. The van der Waals surface area contributed by atoms with Gasteiger partial charge in [-0.3, -0.25) is 0 Å². The van der Waals surface area contributed by atoms with Gasteiger partial charge in [-0.25, -0.2) is 9.97 Å². The molecule has 1 heterocycles. The summed E-state index contributed by atoms with van der Waals surface area (Å²) < 4.78 is 0. The quantitative estimate of drug-likeness (QED) is 0.747. The number of para-hydroxylation sites is 1. The number of anilines is 1. The summed E-state index contributed by atoms with van der Waals surface area (Å²) in [4.78, 5) is 10.9. The summed E-state index contributed by atoms with van der Waals surface area (Å²) in [5.41, 5.74) is 0.995. The Bertz CT molecular complexity index is 465. The van der Waals surface area contributed by atoms with Crippen molar-refractivity contribution in [1.29, 1.82) is 0 Å². The van der Waals surface area contributed by atoms with Gasteiger partial charge in [0.2, 0.25) is 5.95 Å². The molecule has 2 aromatic rings. The normalized spacial score (nSPS) is 10.9. The molecule has 0 aliphatic rings. The third-order valence-corrected chi connectivity index (χ3v) is 2.57. The molecule has 1 aromatic heterocycles. The van der Waals surface area contributed by atoms with Crippen molar-refractivity contribution in [2.45, 2.75) is 19.9 Å². The third kappa shape index (κ3) is 1.91. The molecule has 0 saturated carbocycles. The lowest BCUT2D eigenvalue weighted by Gasteiger charge is -2.21. The van der Waals surface area contributed by atoms with Crippen LogP contribution in [0, 0.1) is 0 Å². The molecule has 0 spiro atoms. The van der Waals surface area contributed by atoms with E-state index < -0.39 is 0 Å². The fraction of sp³-hybridized carbons (Fsp3) is 0.333. The largest absolute Gasteiger partial charge is 0.341 e. The highest BCUT2D eigenvalue weighted by Crippen LogP contribution is 2.14. The van der Waals surface area contributed by atoms with E-state index in [1.54, 1.807) is 0 Å². The second-order valence-electron chi connectivity index (χ2n) is 3.93. The third-order valence-electron chi connectivity index (χ3n) is 2.57. The second-order valence-corrected chi connectivity index (χ2v) is 3.93. The predicted octanol–water partition coefficient (Wildman–Crippen LogP) is 2.47. The Labute approximate surface area is 89.8 Å². The van der Waals surface area contributed by atoms with Crippen LogP contribution in [0.4, 0.5) is 5.95 Å². The summed E-state index contributed by atoms with van der Waals surface area (Å²) in [7, 11) is 2.01. The molecule has 0 amide bonds. The van der Waals surface area contributed by atoms with Gasteiger partial charge in [0.1, 0.15) is 0 Å². The number of aromatic nitrogens is 2. The van der Waals surface area contributed by atoms with Crippen molar-refractivity contribution in [3.05, 3.63) is 30.5 Å². The molecule has 0 fully saturated rings. The summed E-state index contributed by atoms with van der Waals surface area (Å²) in [6, 6.07) is 8.43. The first kappa shape index (κ1) is 9.90. The van der Waals surface area contributed by atoms with Crippen molar-refractivity contribution in [3.8, 4) is 0 Å². The standard InChI is InChI=1S/C12H15N3/c1-9(2)15(3)12-13-8-10-6-4-5-7-11(10)14-12/h4-9H,1-3H3. The number of benzene rings is 1. The van der Waals surface area contributed by atoms with Crippen molar-refractivity contribution < 1.29 is 0 Å². The maximum atomic E-state index is 4.51. The lowest BCUT2D eigenvalue weighted by Crippen LogP contribution is -2.27. The smallest absolute Gasteiger partial charge is 0.225 e. The van der Waals surface area contributed by atoms with Gasteiger partial charge in [0.05, 0.1) is 5.52 Å². The molecule has 0 bridgehead atoms. The van der Waals surface area contributed by atoms with Gasteiger partial charge >= 0.3 is 0 Å². The zero-order valence-electron chi connectivity index (χ0n) is 9.31. The average Bonchev–Trinajstić information content (AvgIpc) is 2.27. The minimum Gasteiger partial charge on any atom is -0.341 e. The van der Waals surface area contributed by atoms with Crippen LogP contribution in [-0.2, 0) is 0 Å². The lowest BCUT2D eigenvalue weighted by atomic mass is 10.2. The van der Waals surface area contributed by atoms with Gasteiger partial charge in [0.15, 0.2) is 0 Å². The number of fused-ring (bicyclic) bond motifs is 1. The fourth-order valence-corrected chi connectivity index (χ4v) is 1.36. The molecule has 0 unspecified atom stereocenters. The predicted molar refractivity (Wildman–Crippen MR) is 63.1 cm³/mol. The molecule has 0 saturated heterocycles. The molecule has 0 N–H and O–H groups in total. The minimum atomic E-state index is 0.408. The highest BCUT2D eigenvalue weighted by atomic mass is 15.2. The maximum Gasteiger partial charge on any atom is 0.225 e. The molecule has 15 heavy (non-hydrogen) atoms. The van der Waals surface area contributed by atoms with Crippen molar-refractivity contribution in [1.82, 2.24) is 9.97 Å². The average molecular weight is 201 g/mol. The maximum absolute atomic E-state index is 4.51. The SMILES string of the molecule is CC(C)N(C)c1ncc2ccccc2n1. The summed E-state index contributed by atoms with van der Waals surface area (Å²) in [6.07, 6.45) is 1.87. The van der Waals surface area contributed by atoms with E-state index in [9.17, 15) is 0 Å². The van der Waals surface area contributed by atoms with Crippen molar-refractivity contribution >= 4 is 16.9 Å². The monoisotopic (exact) mass is 201 g/mol. The zero-order valence-corrected chi connectivity index (χ0v) is 9.31. The molecular weight excluding hydrogens is 186 g/mol. The van der Waals surface area contributed by atoms with Gasteiger partial charge in [-0.15, -0.1) is 0 Å². The van der Waals surface area contributed by atoms with Crippen LogP contribution in [0.25, 0.3) is 10.9 Å². The van der Waals surface area contributed by atoms with E-state index in [2.05, 4.69) is 28.7 Å². The van der Waals surface area contributed by atoms with E-state index in [4.69, 9.17) is 0 Å². The Kier molecular flexibility index (Phi) is 2.54. The van der Waals surface area contributed by atoms with Gasteiger partial charge in [0.25, 0.3) is 0 Å². The van der Waals surface area contributed by atoms with Gasteiger partial charge in [-0.05, 0) is 19.9 Å². The summed E-state index contributed by atoms with van der Waals surface area (Å²) in [5, 5.41) is 1.08. The molecule has 1 aromatic carbocycles. The van der Waals surface area contributed by atoms with Crippen molar-refractivity contribution in [2.24, 2.45) is 0 Å². The number of nitrogens with zero attached hydrogens (tertiary/aromatic N) is 3. The summed E-state index contributed by atoms with van der Waals surface area (Å²) in [5.74, 6) is 0.781. The highest BCUT2D eigenvalue weighted by molar-refractivity contribution is 5.78. The number of hydrogen-bond donors (Lipinski definition) is 0. The first-order valence-electron chi connectivity index (χ1n) is 5.13. The Balaban J connectivity index is 2.47. The molecule has 0 radical (unpaired) electrons. The van der Waals surface area contributed by atoms with Crippen molar-refractivity contribution in [2.75, 3.05) is 11.9 Å². The van der Waals surface area contributed by atoms with Crippen LogP contribution in [0.2, 0.25) is 0 Å². The molecule has 78 valence electrons. The van der Waals surface area contributed by atoms with Crippen LogP contribution in [0.1, 0.15) is 13.8 Å². The first-order chi connectivity index (χ1) is 7.18. The molecule has 3 heteroatoms. The topological polar surface area (TPSA) is 29.0 Å². The molecule has 0 atom stereocenters. The molecule has 2 rings (SSSR count). The number of rotatable bonds is 2. The fourth-order valence-electron chi connectivity index (χ4n) is 1.36. The molecular formula is C12H15N3. The number of hydrogen-bond acceptors (Lipinski definition) is 3. The van der Waals surface area contributed by atoms with Crippen LogP contribution >= 0.6 is 0 Å². The van der Waals surface area contributed by atoms with Gasteiger partial charge in [-0.2, -0.15) is 0 Å². The Morgan fingerprint density at radius 3 is 2.67 bits per heavy atom. The van der Waals surface area contributed by atoms with E-state index in [-0.39, 0.29) is 0 Å². The zero-order chi connectivity index (χ0) is 10.8. The Hall–Kier alpha value is -1.64. The minimum absolute atomic E-state index is 0.408. The lowest BCUT2D eigenvalue weighted by molar-refractivity contribution is 0.732. The van der Waals surface area contributed by atoms with E-state index in [1.807, 2.05) is 37.5 Å².